The second kappa shape index (κ2) is 8.46. The Morgan fingerprint density at radius 1 is 1.07 bits per heavy atom. The van der Waals surface area contributed by atoms with Crippen LogP contribution in [-0.4, -0.2) is 11.8 Å². The molecule has 0 radical (unpaired) electrons. The molecule has 0 fully saturated rings. The lowest BCUT2D eigenvalue weighted by Crippen LogP contribution is -2.21. The van der Waals surface area contributed by atoms with Crippen LogP contribution < -0.4 is 15.8 Å². The van der Waals surface area contributed by atoms with Gasteiger partial charge >= 0.3 is 0 Å². The molecule has 7 heteroatoms. The van der Waals surface area contributed by atoms with Crippen molar-refractivity contribution in [2.45, 2.75) is 13.2 Å². The van der Waals surface area contributed by atoms with Crippen LogP contribution in [-0.2, 0) is 13.2 Å². The summed E-state index contributed by atoms with van der Waals surface area (Å²) in [5.41, 5.74) is 7.15. The number of primary amides is 1. The number of halogens is 1. The van der Waals surface area contributed by atoms with Gasteiger partial charge in [-0.15, -0.1) is 11.3 Å². The van der Waals surface area contributed by atoms with Crippen LogP contribution in [0.3, 0.4) is 0 Å². The number of carbonyl (C=O) groups is 2. The molecular weight excluding hydrogens is 367 g/mol. The molecule has 1 heterocycles. The first kappa shape index (κ1) is 18.6. The van der Waals surface area contributed by atoms with Crippen molar-refractivity contribution in [1.29, 1.82) is 0 Å². The minimum Gasteiger partial charge on any atom is -0.489 e. The zero-order valence-electron chi connectivity index (χ0n) is 14.3. The number of thiophene rings is 1. The molecule has 3 rings (SSSR count). The first-order valence-electron chi connectivity index (χ1n) is 8.14. The summed E-state index contributed by atoms with van der Waals surface area (Å²) in [4.78, 5) is 23.6. The fourth-order valence-electron chi connectivity index (χ4n) is 2.35. The maximum Gasteiger partial charge on any atom is 0.261 e. The van der Waals surface area contributed by atoms with E-state index in [1.165, 1.54) is 29.5 Å². The third-order valence-corrected chi connectivity index (χ3v) is 4.71. The van der Waals surface area contributed by atoms with Crippen LogP contribution in [0, 0.1) is 5.82 Å². The van der Waals surface area contributed by atoms with Gasteiger partial charge in [-0.05, 0) is 41.5 Å². The molecule has 5 nitrogen and oxygen atoms in total. The first-order valence-corrected chi connectivity index (χ1v) is 9.02. The predicted octanol–water partition coefficient (Wildman–Crippen LogP) is 3.50. The highest BCUT2D eigenvalue weighted by Crippen LogP contribution is 2.16. The molecule has 0 spiro atoms. The summed E-state index contributed by atoms with van der Waals surface area (Å²) in [6.07, 6.45) is 0. The lowest BCUT2D eigenvalue weighted by atomic mass is 10.2. The van der Waals surface area contributed by atoms with Gasteiger partial charge in [-0.25, -0.2) is 4.39 Å². The third-order valence-electron chi connectivity index (χ3n) is 3.78. The molecular formula is C20H17FN2O3S. The standard InChI is InChI=1S/C20H17FN2O3S/c21-16-3-1-2-14(8-16)11-26-17-6-4-13(5-7-17)10-23-20(25)18-9-15(12-27-18)19(22)24/h1-9,12H,10-11H2,(H2,22,24)(H,23,25). The summed E-state index contributed by atoms with van der Waals surface area (Å²) in [5.74, 6) is -0.465. The van der Waals surface area contributed by atoms with Crippen LogP contribution in [0.5, 0.6) is 5.75 Å². The van der Waals surface area contributed by atoms with Crippen LogP contribution in [0.2, 0.25) is 0 Å². The summed E-state index contributed by atoms with van der Waals surface area (Å²) in [6.45, 7) is 0.612. The van der Waals surface area contributed by atoms with Gasteiger partial charge in [0.05, 0.1) is 10.4 Å². The minimum absolute atomic E-state index is 0.265. The number of nitrogens with one attached hydrogen (secondary N) is 1. The van der Waals surface area contributed by atoms with Crippen molar-refractivity contribution < 1.29 is 18.7 Å². The van der Waals surface area contributed by atoms with Gasteiger partial charge in [0.25, 0.3) is 5.91 Å². The SMILES string of the molecule is NC(=O)c1csc(C(=O)NCc2ccc(OCc3cccc(F)c3)cc2)c1. The smallest absolute Gasteiger partial charge is 0.261 e. The lowest BCUT2D eigenvalue weighted by Gasteiger charge is -2.08. The average Bonchev–Trinajstić information content (AvgIpc) is 3.16. The number of nitrogens with two attached hydrogens (primary N) is 1. The Labute approximate surface area is 159 Å². The van der Waals surface area contributed by atoms with Gasteiger partial charge in [-0.3, -0.25) is 9.59 Å². The second-order valence-corrected chi connectivity index (χ2v) is 6.72. The van der Waals surface area contributed by atoms with Crippen molar-refractivity contribution >= 4 is 23.2 Å². The van der Waals surface area contributed by atoms with Gasteiger partial charge in [0.2, 0.25) is 5.91 Å². The van der Waals surface area contributed by atoms with E-state index in [2.05, 4.69) is 5.32 Å². The van der Waals surface area contributed by atoms with Gasteiger partial charge in [0.15, 0.2) is 0 Å². The average molecular weight is 384 g/mol. The quantitative estimate of drug-likeness (QED) is 0.654. The summed E-state index contributed by atoms with van der Waals surface area (Å²) >= 11 is 1.17. The largest absolute Gasteiger partial charge is 0.489 e. The molecule has 1 aromatic heterocycles. The molecule has 2 amide bonds. The minimum atomic E-state index is -0.556. The molecule has 3 N–H and O–H groups in total. The van der Waals surface area contributed by atoms with E-state index in [0.717, 1.165) is 11.1 Å². The molecule has 2 aromatic carbocycles. The van der Waals surface area contributed by atoms with Crippen LogP contribution in [0.15, 0.2) is 60.0 Å². The number of amides is 2. The Kier molecular flexibility index (Phi) is 5.83. The van der Waals surface area contributed by atoms with Gasteiger partial charge in [0, 0.05) is 11.9 Å². The highest BCUT2D eigenvalue weighted by atomic mass is 32.1. The molecule has 0 saturated carbocycles. The van der Waals surface area contributed by atoms with Gasteiger partial charge in [-0.2, -0.15) is 0 Å². The van der Waals surface area contributed by atoms with E-state index < -0.39 is 5.91 Å². The molecule has 0 bridgehead atoms. The van der Waals surface area contributed by atoms with Crippen LogP contribution in [0.4, 0.5) is 4.39 Å². The van der Waals surface area contributed by atoms with Crippen LogP contribution in [0.25, 0.3) is 0 Å². The zero-order chi connectivity index (χ0) is 19.2. The molecule has 27 heavy (non-hydrogen) atoms. The Balaban J connectivity index is 1.51. The maximum atomic E-state index is 13.1. The lowest BCUT2D eigenvalue weighted by molar-refractivity contribution is 0.0955. The van der Waals surface area contributed by atoms with E-state index in [1.807, 2.05) is 12.1 Å². The molecule has 3 aromatic rings. The topological polar surface area (TPSA) is 81.4 Å². The van der Waals surface area contributed by atoms with E-state index in [1.54, 1.807) is 29.6 Å². The van der Waals surface area contributed by atoms with Crippen molar-refractivity contribution in [2.24, 2.45) is 5.73 Å². The molecule has 0 atom stereocenters. The maximum absolute atomic E-state index is 13.1. The summed E-state index contributed by atoms with van der Waals surface area (Å²) in [6, 6.07) is 15.0. The molecule has 0 aliphatic heterocycles. The van der Waals surface area contributed by atoms with Gasteiger partial charge in [-0.1, -0.05) is 24.3 Å². The molecule has 0 aliphatic carbocycles. The Bertz CT molecular complexity index is 954. The van der Waals surface area contributed by atoms with Crippen LogP contribution >= 0.6 is 11.3 Å². The van der Waals surface area contributed by atoms with E-state index >= 15 is 0 Å². The number of hydrogen-bond acceptors (Lipinski definition) is 4. The van der Waals surface area contributed by atoms with E-state index in [9.17, 15) is 14.0 Å². The van der Waals surface area contributed by atoms with E-state index in [0.29, 0.717) is 22.7 Å². The normalized spacial score (nSPS) is 10.4. The van der Waals surface area contributed by atoms with Crippen molar-refractivity contribution in [3.8, 4) is 5.75 Å². The number of benzene rings is 2. The van der Waals surface area contributed by atoms with E-state index in [-0.39, 0.29) is 18.3 Å². The highest BCUT2D eigenvalue weighted by molar-refractivity contribution is 7.12. The number of hydrogen-bond donors (Lipinski definition) is 2. The summed E-state index contributed by atoms with van der Waals surface area (Å²) in [5, 5.41) is 4.35. The fraction of sp³-hybridized carbons (Fsp3) is 0.100. The zero-order valence-corrected chi connectivity index (χ0v) is 15.1. The summed E-state index contributed by atoms with van der Waals surface area (Å²) < 4.78 is 18.8. The number of carbonyl (C=O) groups excluding carboxylic acids is 2. The Morgan fingerprint density at radius 2 is 1.85 bits per heavy atom. The number of ether oxygens (including phenoxy) is 1. The van der Waals surface area contributed by atoms with Crippen molar-refractivity contribution in [2.75, 3.05) is 0 Å². The van der Waals surface area contributed by atoms with Gasteiger partial charge in [0.1, 0.15) is 18.2 Å². The van der Waals surface area contributed by atoms with Crippen molar-refractivity contribution in [1.82, 2.24) is 5.32 Å². The third kappa shape index (κ3) is 5.15. The monoisotopic (exact) mass is 384 g/mol. The molecule has 0 aliphatic rings. The van der Waals surface area contributed by atoms with E-state index in [4.69, 9.17) is 10.5 Å². The highest BCUT2D eigenvalue weighted by Gasteiger charge is 2.11. The Morgan fingerprint density at radius 3 is 2.52 bits per heavy atom. The fourth-order valence-corrected chi connectivity index (χ4v) is 3.16. The second-order valence-electron chi connectivity index (χ2n) is 5.81. The molecule has 0 unspecified atom stereocenters. The van der Waals surface area contributed by atoms with Crippen LogP contribution in [0.1, 0.15) is 31.2 Å². The first-order chi connectivity index (χ1) is 13.0. The Hall–Kier alpha value is -3.19. The predicted molar refractivity (Wildman–Crippen MR) is 101 cm³/mol. The molecule has 138 valence electrons. The number of rotatable bonds is 7. The van der Waals surface area contributed by atoms with Crippen molar-refractivity contribution in [3.05, 3.63) is 87.4 Å². The summed E-state index contributed by atoms with van der Waals surface area (Å²) in [7, 11) is 0. The van der Waals surface area contributed by atoms with Crippen molar-refractivity contribution in [3.63, 3.8) is 0 Å². The molecule has 0 saturated heterocycles. The van der Waals surface area contributed by atoms with Gasteiger partial charge < -0.3 is 15.8 Å².